The van der Waals surface area contributed by atoms with E-state index in [4.69, 9.17) is 5.26 Å². The van der Waals surface area contributed by atoms with E-state index in [-0.39, 0.29) is 5.82 Å². The quantitative estimate of drug-likeness (QED) is 0.942. The van der Waals surface area contributed by atoms with E-state index in [9.17, 15) is 4.39 Å². The summed E-state index contributed by atoms with van der Waals surface area (Å²) in [6.07, 6.45) is 2.67. The minimum Gasteiger partial charge on any atom is -0.371 e. The Labute approximate surface area is 129 Å². The minimum atomic E-state index is -0.201. The first kappa shape index (κ1) is 14.3. The van der Waals surface area contributed by atoms with Crippen molar-refractivity contribution in [2.24, 2.45) is 5.92 Å². The van der Waals surface area contributed by atoms with Crippen LogP contribution in [0.5, 0.6) is 0 Å². The first-order chi connectivity index (χ1) is 10.7. The Balaban J connectivity index is 1.52. The zero-order valence-electron chi connectivity index (χ0n) is 12.2. The van der Waals surface area contributed by atoms with Gasteiger partial charge in [0.1, 0.15) is 17.7 Å². The summed E-state index contributed by atoms with van der Waals surface area (Å²) in [5.74, 6) is 1.12. The molecule has 1 atom stereocenters. The van der Waals surface area contributed by atoms with E-state index in [0.29, 0.717) is 11.5 Å². The van der Waals surface area contributed by atoms with Crippen LogP contribution in [-0.2, 0) is 0 Å². The normalized spacial score (nSPS) is 17.3. The zero-order chi connectivity index (χ0) is 15.4. The highest BCUT2D eigenvalue weighted by atomic mass is 19.1. The fraction of sp³-hybridized carbons (Fsp3) is 0.294. The second-order valence-corrected chi connectivity index (χ2v) is 5.50. The van der Waals surface area contributed by atoms with Gasteiger partial charge >= 0.3 is 0 Å². The van der Waals surface area contributed by atoms with Crippen molar-refractivity contribution in [1.82, 2.24) is 4.98 Å². The molecule has 1 aromatic carbocycles. The maximum atomic E-state index is 13.0. The highest BCUT2D eigenvalue weighted by molar-refractivity contribution is 5.47. The first-order valence-corrected chi connectivity index (χ1v) is 7.35. The standard InChI is InChI=1S/C17H17FN4/c18-15-2-4-16(5-3-15)22-8-7-14(12-22)11-21-17-6-1-13(9-19)10-20-17/h1-6,10,14H,7-8,11-12H2,(H,20,21). The maximum absolute atomic E-state index is 13.0. The van der Waals surface area contributed by atoms with Gasteiger partial charge < -0.3 is 10.2 Å². The molecule has 0 aliphatic carbocycles. The van der Waals surface area contributed by atoms with Crippen LogP contribution in [0.2, 0.25) is 0 Å². The lowest BCUT2D eigenvalue weighted by molar-refractivity contribution is 0.620. The van der Waals surface area contributed by atoms with E-state index in [1.54, 1.807) is 12.3 Å². The molecule has 1 unspecified atom stereocenters. The molecule has 1 aromatic heterocycles. The van der Waals surface area contributed by atoms with E-state index >= 15 is 0 Å². The van der Waals surface area contributed by atoms with E-state index < -0.39 is 0 Å². The Bertz CT molecular complexity index is 661. The van der Waals surface area contributed by atoms with Crippen LogP contribution < -0.4 is 10.2 Å². The van der Waals surface area contributed by atoms with Gasteiger partial charge in [0.05, 0.1) is 5.56 Å². The van der Waals surface area contributed by atoms with Gasteiger partial charge in [-0.1, -0.05) is 0 Å². The molecule has 1 aliphatic heterocycles. The summed E-state index contributed by atoms with van der Waals surface area (Å²) in [5.41, 5.74) is 1.63. The van der Waals surface area contributed by atoms with Gasteiger partial charge in [-0.05, 0) is 48.7 Å². The van der Waals surface area contributed by atoms with Crippen LogP contribution in [-0.4, -0.2) is 24.6 Å². The van der Waals surface area contributed by atoms with Gasteiger partial charge in [-0.2, -0.15) is 5.26 Å². The van der Waals surface area contributed by atoms with Crippen LogP contribution in [0.4, 0.5) is 15.9 Å². The Kier molecular flexibility index (Phi) is 4.19. The van der Waals surface area contributed by atoms with E-state index in [2.05, 4.69) is 21.3 Å². The van der Waals surface area contributed by atoms with E-state index in [0.717, 1.165) is 37.6 Å². The number of anilines is 2. The number of hydrogen-bond donors (Lipinski definition) is 1. The number of nitrogens with zero attached hydrogens (tertiary/aromatic N) is 3. The van der Waals surface area contributed by atoms with Crippen LogP contribution >= 0.6 is 0 Å². The third-order valence-corrected chi connectivity index (χ3v) is 3.94. The predicted octanol–water partition coefficient (Wildman–Crippen LogP) is 3.03. The Morgan fingerprint density at radius 3 is 2.77 bits per heavy atom. The highest BCUT2D eigenvalue weighted by Gasteiger charge is 2.22. The number of rotatable bonds is 4. The van der Waals surface area contributed by atoms with E-state index in [1.807, 2.05) is 18.2 Å². The van der Waals surface area contributed by atoms with Crippen molar-refractivity contribution in [3.8, 4) is 6.07 Å². The number of halogens is 1. The van der Waals surface area contributed by atoms with Crippen LogP contribution in [0, 0.1) is 23.1 Å². The van der Waals surface area contributed by atoms with Gasteiger partial charge in [-0.15, -0.1) is 0 Å². The lowest BCUT2D eigenvalue weighted by atomic mass is 10.1. The van der Waals surface area contributed by atoms with Crippen molar-refractivity contribution in [3.05, 3.63) is 54.0 Å². The summed E-state index contributed by atoms with van der Waals surface area (Å²) in [6, 6.07) is 12.3. The van der Waals surface area contributed by atoms with Gasteiger partial charge in [-0.25, -0.2) is 9.37 Å². The molecule has 1 aliphatic rings. The Morgan fingerprint density at radius 1 is 1.27 bits per heavy atom. The lowest BCUT2D eigenvalue weighted by Gasteiger charge is -2.19. The molecule has 5 heteroatoms. The van der Waals surface area contributed by atoms with Crippen LogP contribution in [0.25, 0.3) is 0 Å². The molecule has 0 spiro atoms. The average molecular weight is 296 g/mol. The Hall–Kier alpha value is -2.61. The summed E-state index contributed by atoms with van der Waals surface area (Å²) < 4.78 is 13.0. The van der Waals surface area contributed by atoms with Gasteiger partial charge in [0.15, 0.2) is 0 Å². The molecule has 1 fully saturated rings. The molecule has 0 saturated carbocycles. The van der Waals surface area contributed by atoms with Crippen molar-refractivity contribution in [2.45, 2.75) is 6.42 Å². The number of nitrogens with one attached hydrogen (secondary N) is 1. The molecule has 0 bridgehead atoms. The zero-order valence-corrected chi connectivity index (χ0v) is 12.2. The summed E-state index contributed by atoms with van der Waals surface area (Å²) in [4.78, 5) is 6.48. The Morgan fingerprint density at radius 2 is 2.09 bits per heavy atom. The molecule has 3 rings (SSSR count). The second-order valence-electron chi connectivity index (χ2n) is 5.50. The number of aromatic nitrogens is 1. The number of hydrogen-bond acceptors (Lipinski definition) is 4. The predicted molar refractivity (Wildman–Crippen MR) is 84.2 cm³/mol. The topological polar surface area (TPSA) is 52.0 Å². The van der Waals surface area contributed by atoms with Crippen molar-refractivity contribution >= 4 is 11.5 Å². The van der Waals surface area contributed by atoms with Gasteiger partial charge in [0.25, 0.3) is 0 Å². The molecule has 1 saturated heterocycles. The van der Waals surface area contributed by atoms with Gasteiger partial charge in [-0.3, -0.25) is 0 Å². The highest BCUT2D eigenvalue weighted by Crippen LogP contribution is 2.24. The van der Waals surface area contributed by atoms with Crippen molar-refractivity contribution in [3.63, 3.8) is 0 Å². The number of pyridine rings is 1. The molecule has 2 heterocycles. The van der Waals surface area contributed by atoms with Crippen LogP contribution in [0.1, 0.15) is 12.0 Å². The average Bonchev–Trinajstić information content (AvgIpc) is 3.03. The SMILES string of the molecule is N#Cc1ccc(NCC2CCN(c3ccc(F)cc3)C2)nc1. The minimum absolute atomic E-state index is 0.201. The fourth-order valence-electron chi connectivity index (χ4n) is 2.70. The van der Waals surface area contributed by atoms with Crippen molar-refractivity contribution in [2.75, 3.05) is 29.9 Å². The first-order valence-electron chi connectivity index (χ1n) is 7.35. The molecule has 0 radical (unpaired) electrons. The third-order valence-electron chi connectivity index (χ3n) is 3.94. The molecule has 2 aromatic rings. The third kappa shape index (κ3) is 3.34. The van der Waals surface area contributed by atoms with Crippen molar-refractivity contribution in [1.29, 1.82) is 5.26 Å². The monoisotopic (exact) mass is 296 g/mol. The molecule has 22 heavy (non-hydrogen) atoms. The molecule has 4 nitrogen and oxygen atoms in total. The maximum Gasteiger partial charge on any atom is 0.125 e. The summed E-state index contributed by atoms with van der Waals surface area (Å²) in [5, 5.41) is 12.1. The molecular weight excluding hydrogens is 279 g/mol. The number of nitriles is 1. The summed E-state index contributed by atoms with van der Waals surface area (Å²) in [6.45, 7) is 2.78. The smallest absolute Gasteiger partial charge is 0.125 e. The van der Waals surface area contributed by atoms with Gasteiger partial charge in [0, 0.05) is 31.5 Å². The van der Waals surface area contributed by atoms with Crippen LogP contribution in [0.15, 0.2) is 42.6 Å². The largest absolute Gasteiger partial charge is 0.371 e. The fourth-order valence-corrected chi connectivity index (χ4v) is 2.70. The molecular formula is C17H17FN4. The van der Waals surface area contributed by atoms with Crippen LogP contribution in [0.3, 0.4) is 0 Å². The molecule has 0 amide bonds. The molecule has 1 N–H and O–H groups in total. The lowest BCUT2D eigenvalue weighted by Crippen LogP contribution is -2.22. The van der Waals surface area contributed by atoms with Crippen molar-refractivity contribution < 1.29 is 4.39 Å². The van der Waals surface area contributed by atoms with Gasteiger partial charge in [0.2, 0.25) is 0 Å². The molecule has 112 valence electrons. The summed E-state index contributed by atoms with van der Waals surface area (Å²) in [7, 11) is 0. The summed E-state index contributed by atoms with van der Waals surface area (Å²) >= 11 is 0. The van der Waals surface area contributed by atoms with E-state index in [1.165, 1.54) is 12.1 Å². The number of benzene rings is 1. The second kappa shape index (κ2) is 6.44.